The average Bonchev–Trinajstić information content (AvgIpc) is 3.22. The summed E-state index contributed by atoms with van der Waals surface area (Å²) in [6, 6.07) is 12.9. The molecule has 246 valence electrons. The van der Waals surface area contributed by atoms with Crippen molar-refractivity contribution in [3.05, 3.63) is 109 Å². The van der Waals surface area contributed by atoms with Crippen LogP contribution in [0.4, 0.5) is 0 Å². The number of pyridine rings is 4. The second-order valence-corrected chi connectivity index (χ2v) is 11.0. The lowest BCUT2D eigenvalue weighted by molar-refractivity contribution is -0.317. The van der Waals surface area contributed by atoms with Crippen LogP contribution >= 0.6 is 0 Å². The van der Waals surface area contributed by atoms with E-state index >= 15 is 0 Å². The Morgan fingerprint density at radius 3 is 1.77 bits per heavy atom. The normalized spacial score (nSPS) is 25.1. The summed E-state index contributed by atoms with van der Waals surface area (Å²) >= 11 is 0. The molecular weight excluding hydrogens is 612 g/mol. The number of aliphatic hydroxyl groups is 1. The van der Waals surface area contributed by atoms with Crippen molar-refractivity contribution < 1.29 is 47.9 Å². The van der Waals surface area contributed by atoms with E-state index in [9.17, 15) is 14.7 Å². The highest BCUT2D eigenvalue weighted by molar-refractivity contribution is 5.90. The third-order valence-corrected chi connectivity index (χ3v) is 8.08. The SMILES string of the molecule is C[C@@]1(OC(=O)c2cccnc2)[C@@](C)(OCOc2cccnc2)[C@@](O)(COCOc2cccnc2)O[C@]1(C)COC(=O)c1cccnc1. The zero-order valence-electron chi connectivity index (χ0n) is 26.0. The molecule has 0 aliphatic carbocycles. The lowest BCUT2D eigenvalue weighted by atomic mass is 9.73. The topological polar surface area (TPSA) is 171 Å². The molecule has 47 heavy (non-hydrogen) atoms. The van der Waals surface area contributed by atoms with E-state index < -0.39 is 54.5 Å². The van der Waals surface area contributed by atoms with E-state index in [-0.39, 0.29) is 17.9 Å². The summed E-state index contributed by atoms with van der Waals surface area (Å²) in [7, 11) is 0. The fourth-order valence-electron chi connectivity index (χ4n) is 5.10. The van der Waals surface area contributed by atoms with Crippen molar-refractivity contribution in [3.8, 4) is 11.5 Å². The van der Waals surface area contributed by atoms with Gasteiger partial charge in [-0.15, -0.1) is 0 Å². The molecule has 0 saturated carbocycles. The van der Waals surface area contributed by atoms with Crippen LogP contribution in [-0.4, -0.2) is 86.4 Å². The van der Waals surface area contributed by atoms with Crippen LogP contribution in [0.3, 0.4) is 0 Å². The van der Waals surface area contributed by atoms with E-state index in [1.165, 1.54) is 70.1 Å². The van der Waals surface area contributed by atoms with Gasteiger partial charge in [-0.25, -0.2) is 9.59 Å². The minimum atomic E-state index is -2.34. The molecular formula is C33H34N4O10. The van der Waals surface area contributed by atoms with Crippen molar-refractivity contribution in [2.75, 3.05) is 26.8 Å². The second-order valence-electron chi connectivity index (χ2n) is 11.0. The zero-order chi connectivity index (χ0) is 33.4. The summed E-state index contributed by atoms with van der Waals surface area (Å²) in [5, 5.41) is 12.3. The summed E-state index contributed by atoms with van der Waals surface area (Å²) in [6.07, 6.45) is 11.8. The smallest absolute Gasteiger partial charge is 0.340 e. The van der Waals surface area contributed by atoms with Crippen LogP contribution in [0.15, 0.2) is 98.1 Å². The molecule has 14 nitrogen and oxygen atoms in total. The largest absolute Gasteiger partial charge is 0.466 e. The highest BCUT2D eigenvalue weighted by atomic mass is 16.8. The Hall–Kier alpha value is -5.02. The highest BCUT2D eigenvalue weighted by Crippen LogP contribution is 2.56. The van der Waals surface area contributed by atoms with E-state index in [1.807, 2.05) is 0 Å². The minimum Gasteiger partial charge on any atom is -0.466 e. The first-order valence-electron chi connectivity index (χ1n) is 14.5. The fraction of sp³-hybridized carbons (Fsp3) is 0.333. The maximum absolute atomic E-state index is 13.6. The molecule has 14 heteroatoms. The van der Waals surface area contributed by atoms with Gasteiger partial charge in [-0.2, -0.15) is 0 Å². The van der Waals surface area contributed by atoms with Crippen LogP contribution in [0.25, 0.3) is 0 Å². The number of carbonyl (C=O) groups is 2. The third-order valence-electron chi connectivity index (χ3n) is 8.08. The van der Waals surface area contributed by atoms with Crippen LogP contribution < -0.4 is 9.47 Å². The summed E-state index contributed by atoms with van der Waals surface area (Å²) in [6.45, 7) is 2.73. The van der Waals surface area contributed by atoms with Crippen LogP contribution in [0, 0.1) is 0 Å². The summed E-state index contributed by atoms with van der Waals surface area (Å²) in [5.41, 5.74) is -5.27. The van der Waals surface area contributed by atoms with Crippen molar-refractivity contribution in [3.63, 3.8) is 0 Å². The van der Waals surface area contributed by atoms with Gasteiger partial charge in [0.2, 0.25) is 5.79 Å². The Bertz CT molecular complexity index is 1620. The van der Waals surface area contributed by atoms with Gasteiger partial charge < -0.3 is 38.3 Å². The van der Waals surface area contributed by atoms with E-state index in [2.05, 4.69) is 19.9 Å². The van der Waals surface area contributed by atoms with Crippen molar-refractivity contribution >= 4 is 11.9 Å². The van der Waals surface area contributed by atoms with Gasteiger partial charge in [-0.3, -0.25) is 19.9 Å². The maximum Gasteiger partial charge on any atom is 0.340 e. The van der Waals surface area contributed by atoms with Crippen LogP contribution in [-0.2, 0) is 23.7 Å². The van der Waals surface area contributed by atoms with Crippen molar-refractivity contribution in [2.45, 2.75) is 43.4 Å². The number of carbonyl (C=O) groups excluding carboxylic acids is 2. The first-order chi connectivity index (χ1) is 22.6. The lowest BCUT2D eigenvalue weighted by Crippen LogP contribution is -2.67. The van der Waals surface area contributed by atoms with Crippen LogP contribution in [0.2, 0.25) is 0 Å². The molecule has 5 heterocycles. The van der Waals surface area contributed by atoms with E-state index in [0.29, 0.717) is 11.5 Å². The molecule has 5 rings (SSSR count). The molecule has 4 atom stereocenters. The average molecular weight is 647 g/mol. The summed E-state index contributed by atoms with van der Waals surface area (Å²) < 4.78 is 41.5. The standard InChI is InChI=1S/C33H34N4O10/c1-30(20-42-28(38)24-8-4-12-34-16-24)31(2,46-29(39)25-9-5-13-35-17-25)32(3,45-23-44-27-11-7-15-37-19-27)33(40,47-30)21-41-22-43-26-10-6-14-36-18-26/h4-19,40H,20-23H2,1-3H3/t30-,31+,32-,33-/m1/s1. The van der Waals surface area contributed by atoms with E-state index in [4.69, 9.17) is 33.2 Å². The molecule has 1 aliphatic rings. The van der Waals surface area contributed by atoms with Crippen molar-refractivity contribution in [1.29, 1.82) is 0 Å². The number of rotatable bonds is 14. The third kappa shape index (κ3) is 7.05. The Balaban J connectivity index is 1.47. The first-order valence-corrected chi connectivity index (χ1v) is 14.5. The Morgan fingerprint density at radius 1 is 0.702 bits per heavy atom. The molecule has 1 saturated heterocycles. The summed E-state index contributed by atoms with van der Waals surface area (Å²) in [5.74, 6) is -3.06. The number of esters is 2. The van der Waals surface area contributed by atoms with Gasteiger partial charge in [0.25, 0.3) is 0 Å². The molecule has 0 spiro atoms. The Morgan fingerprint density at radius 2 is 1.23 bits per heavy atom. The molecule has 0 aromatic carbocycles. The van der Waals surface area contributed by atoms with Crippen molar-refractivity contribution in [2.24, 2.45) is 0 Å². The van der Waals surface area contributed by atoms with Gasteiger partial charge in [0.05, 0.1) is 23.5 Å². The van der Waals surface area contributed by atoms with E-state index in [0.717, 1.165) is 0 Å². The monoisotopic (exact) mass is 646 g/mol. The number of hydrogen-bond donors (Lipinski definition) is 1. The molecule has 1 N–H and O–H groups in total. The molecule has 0 bridgehead atoms. The lowest BCUT2D eigenvalue weighted by Gasteiger charge is -2.46. The zero-order valence-corrected chi connectivity index (χ0v) is 26.0. The van der Waals surface area contributed by atoms with Crippen LogP contribution in [0.1, 0.15) is 41.5 Å². The van der Waals surface area contributed by atoms with E-state index in [1.54, 1.807) is 48.8 Å². The summed E-state index contributed by atoms with van der Waals surface area (Å²) in [4.78, 5) is 42.6. The molecule has 0 amide bonds. The van der Waals surface area contributed by atoms with Gasteiger partial charge in [0, 0.05) is 37.2 Å². The minimum absolute atomic E-state index is 0.119. The highest BCUT2D eigenvalue weighted by Gasteiger charge is 2.78. The second kappa shape index (κ2) is 14.2. The first kappa shape index (κ1) is 33.3. The number of ether oxygens (including phenoxy) is 7. The van der Waals surface area contributed by atoms with Gasteiger partial charge >= 0.3 is 11.9 Å². The van der Waals surface area contributed by atoms with Gasteiger partial charge in [-0.1, -0.05) is 0 Å². The molecule has 4 aromatic heterocycles. The van der Waals surface area contributed by atoms with Gasteiger partial charge in [0.1, 0.15) is 30.3 Å². The Labute approximate surface area is 270 Å². The number of hydrogen-bond acceptors (Lipinski definition) is 14. The van der Waals surface area contributed by atoms with Crippen molar-refractivity contribution in [1.82, 2.24) is 19.9 Å². The predicted molar refractivity (Wildman–Crippen MR) is 162 cm³/mol. The molecule has 1 fully saturated rings. The number of nitrogens with zero attached hydrogens (tertiary/aromatic N) is 4. The Kier molecular flexibility index (Phi) is 10.1. The fourth-order valence-corrected chi connectivity index (χ4v) is 5.10. The van der Waals surface area contributed by atoms with Gasteiger partial charge in [0.15, 0.2) is 24.8 Å². The molecule has 0 unspecified atom stereocenters. The quantitative estimate of drug-likeness (QED) is 0.120. The number of aromatic nitrogens is 4. The van der Waals surface area contributed by atoms with Crippen LogP contribution in [0.5, 0.6) is 11.5 Å². The molecule has 0 radical (unpaired) electrons. The van der Waals surface area contributed by atoms with Gasteiger partial charge in [-0.05, 0) is 69.3 Å². The molecule has 1 aliphatic heterocycles. The predicted octanol–water partition coefficient (Wildman–Crippen LogP) is 3.38. The molecule has 4 aromatic rings. The maximum atomic E-state index is 13.6.